The van der Waals surface area contributed by atoms with Gasteiger partial charge >= 0.3 is 5.69 Å². The van der Waals surface area contributed by atoms with Crippen LogP contribution in [-0.4, -0.2) is 17.4 Å². The molecule has 0 saturated heterocycles. The van der Waals surface area contributed by atoms with Gasteiger partial charge in [-0.25, -0.2) is 13.2 Å². The molecule has 2 rings (SSSR count). The highest BCUT2D eigenvalue weighted by molar-refractivity contribution is 7.90. The maximum Gasteiger partial charge on any atom is 0.342 e. The van der Waals surface area contributed by atoms with E-state index in [0.29, 0.717) is 15.1 Å². The molecule has 0 bridgehead atoms. The quantitative estimate of drug-likeness (QED) is 0.883. The second kappa shape index (κ2) is 4.75. The third-order valence-electron chi connectivity index (χ3n) is 2.91. The van der Waals surface area contributed by atoms with E-state index in [0.717, 1.165) is 17.8 Å². The number of H-pyrrole nitrogens is 1. The summed E-state index contributed by atoms with van der Waals surface area (Å²) < 4.78 is 25.7. The van der Waals surface area contributed by atoms with Crippen LogP contribution < -0.4 is 11.2 Å². The molecule has 0 aliphatic carbocycles. The van der Waals surface area contributed by atoms with E-state index in [2.05, 4.69) is 0 Å². The Morgan fingerprint density at radius 3 is 2.10 bits per heavy atom. The SMILES string of the molecule is Cc1cc(C)c(S(=O)(=O)n2ccc(=O)[nH]c2=O)c(C)c1. The molecule has 0 aliphatic heterocycles. The largest absolute Gasteiger partial charge is 0.342 e. The second-order valence-corrected chi connectivity index (χ2v) is 6.39. The third kappa shape index (κ3) is 2.32. The van der Waals surface area contributed by atoms with E-state index in [1.54, 1.807) is 26.0 Å². The van der Waals surface area contributed by atoms with E-state index >= 15 is 0 Å². The summed E-state index contributed by atoms with van der Waals surface area (Å²) in [7, 11) is -4.03. The van der Waals surface area contributed by atoms with Crippen molar-refractivity contribution in [2.45, 2.75) is 25.7 Å². The molecule has 0 radical (unpaired) electrons. The number of aromatic nitrogens is 2. The minimum Gasteiger partial charge on any atom is -0.273 e. The van der Waals surface area contributed by atoms with E-state index in [9.17, 15) is 18.0 Å². The van der Waals surface area contributed by atoms with Crippen LogP contribution in [0.1, 0.15) is 16.7 Å². The maximum atomic E-state index is 12.6. The van der Waals surface area contributed by atoms with Gasteiger partial charge in [0.25, 0.3) is 15.6 Å². The Morgan fingerprint density at radius 2 is 1.60 bits per heavy atom. The molecule has 1 N–H and O–H groups in total. The molecule has 1 aromatic heterocycles. The minimum atomic E-state index is -4.03. The number of nitrogens with one attached hydrogen (secondary N) is 1. The van der Waals surface area contributed by atoms with Crippen molar-refractivity contribution in [2.24, 2.45) is 0 Å². The Kier molecular flexibility index (Phi) is 3.39. The zero-order chi connectivity index (χ0) is 15.1. The Labute approximate surface area is 115 Å². The number of benzene rings is 1. The molecule has 0 spiro atoms. The average Bonchev–Trinajstić information content (AvgIpc) is 2.25. The molecule has 0 amide bonds. The molecule has 0 atom stereocenters. The van der Waals surface area contributed by atoms with Gasteiger partial charge in [-0.3, -0.25) is 9.78 Å². The molecule has 0 aliphatic rings. The first-order valence-electron chi connectivity index (χ1n) is 5.89. The Hall–Kier alpha value is -2.15. The highest BCUT2D eigenvalue weighted by Gasteiger charge is 2.23. The monoisotopic (exact) mass is 294 g/mol. The van der Waals surface area contributed by atoms with Gasteiger partial charge in [-0.2, -0.15) is 3.97 Å². The molecule has 6 nitrogen and oxygen atoms in total. The van der Waals surface area contributed by atoms with Crippen molar-refractivity contribution in [1.82, 2.24) is 8.96 Å². The summed E-state index contributed by atoms with van der Waals surface area (Å²) in [6, 6.07) is 4.46. The number of rotatable bonds is 2. The van der Waals surface area contributed by atoms with Crippen LogP contribution >= 0.6 is 0 Å². The highest BCUT2D eigenvalue weighted by Crippen LogP contribution is 2.22. The molecule has 1 heterocycles. The number of nitrogens with zero attached hydrogens (tertiary/aromatic N) is 1. The predicted molar refractivity (Wildman–Crippen MR) is 74.6 cm³/mol. The first-order valence-corrected chi connectivity index (χ1v) is 7.33. The van der Waals surface area contributed by atoms with E-state index in [1.807, 2.05) is 11.9 Å². The molecule has 2 aromatic rings. The minimum absolute atomic E-state index is 0.0808. The molecule has 7 heteroatoms. The van der Waals surface area contributed by atoms with Crippen molar-refractivity contribution in [2.75, 3.05) is 0 Å². The topological polar surface area (TPSA) is 89.0 Å². The summed E-state index contributed by atoms with van der Waals surface area (Å²) >= 11 is 0. The van der Waals surface area contributed by atoms with Crippen molar-refractivity contribution in [3.05, 3.63) is 61.9 Å². The smallest absolute Gasteiger partial charge is 0.273 e. The lowest BCUT2D eigenvalue weighted by Crippen LogP contribution is -2.33. The lowest BCUT2D eigenvalue weighted by Gasteiger charge is -2.13. The van der Waals surface area contributed by atoms with Gasteiger partial charge in [0.05, 0.1) is 4.90 Å². The molecule has 0 fully saturated rings. The molecule has 0 unspecified atom stereocenters. The van der Waals surface area contributed by atoms with Crippen LogP contribution in [-0.2, 0) is 10.0 Å². The Morgan fingerprint density at radius 1 is 1.05 bits per heavy atom. The van der Waals surface area contributed by atoms with Gasteiger partial charge in [0.2, 0.25) is 0 Å². The molecular weight excluding hydrogens is 280 g/mol. The fourth-order valence-electron chi connectivity index (χ4n) is 2.27. The summed E-state index contributed by atoms with van der Waals surface area (Å²) in [5.41, 5.74) is 0.435. The number of hydrogen-bond donors (Lipinski definition) is 1. The summed E-state index contributed by atoms with van der Waals surface area (Å²) in [5.74, 6) is 0. The summed E-state index contributed by atoms with van der Waals surface area (Å²) in [6.07, 6.45) is 0.967. The van der Waals surface area contributed by atoms with E-state index in [1.165, 1.54) is 0 Å². The number of aryl methyl sites for hydroxylation is 3. The van der Waals surface area contributed by atoms with Crippen LogP contribution in [0.4, 0.5) is 0 Å². The van der Waals surface area contributed by atoms with Crippen molar-refractivity contribution in [3.63, 3.8) is 0 Å². The van der Waals surface area contributed by atoms with E-state index < -0.39 is 21.3 Å². The van der Waals surface area contributed by atoms with Gasteiger partial charge < -0.3 is 0 Å². The van der Waals surface area contributed by atoms with Gasteiger partial charge in [0.15, 0.2) is 0 Å². The molecule has 20 heavy (non-hydrogen) atoms. The Balaban J connectivity index is 2.80. The van der Waals surface area contributed by atoms with Crippen LogP contribution in [0.15, 0.2) is 38.9 Å². The van der Waals surface area contributed by atoms with Gasteiger partial charge in [-0.1, -0.05) is 17.7 Å². The van der Waals surface area contributed by atoms with E-state index in [-0.39, 0.29) is 4.90 Å². The van der Waals surface area contributed by atoms with Gasteiger partial charge in [0.1, 0.15) is 0 Å². The zero-order valence-electron chi connectivity index (χ0n) is 11.3. The molecule has 1 aromatic carbocycles. The third-order valence-corrected chi connectivity index (χ3v) is 4.88. The molecular formula is C13H14N2O4S. The van der Waals surface area contributed by atoms with Gasteiger partial charge in [-0.05, 0) is 31.9 Å². The second-order valence-electron chi connectivity index (χ2n) is 4.64. The van der Waals surface area contributed by atoms with Crippen LogP contribution in [0.25, 0.3) is 0 Å². The predicted octanol–water partition coefficient (Wildman–Crippen LogP) is 0.699. The first kappa shape index (κ1) is 14.3. The summed E-state index contributed by atoms with van der Waals surface area (Å²) in [4.78, 5) is 24.7. The average molecular weight is 294 g/mol. The standard InChI is InChI=1S/C13H14N2O4S/c1-8-6-9(2)12(10(3)7-8)20(18,19)15-5-4-11(16)14-13(15)17/h4-7H,1-3H3,(H,14,16,17). The fraction of sp³-hybridized carbons (Fsp3) is 0.231. The van der Waals surface area contributed by atoms with Gasteiger partial charge in [-0.15, -0.1) is 0 Å². The van der Waals surface area contributed by atoms with Crippen molar-refractivity contribution in [1.29, 1.82) is 0 Å². The van der Waals surface area contributed by atoms with Crippen molar-refractivity contribution in [3.8, 4) is 0 Å². The maximum absolute atomic E-state index is 12.6. The van der Waals surface area contributed by atoms with Crippen molar-refractivity contribution >= 4 is 10.0 Å². The number of hydrogen-bond acceptors (Lipinski definition) is 4. The normalized spacial score (nSPS) is 11.6. The highest BCUT2D eigenvalue weighted by atomic mass is 32.2. The first-order chi connectivity index (χ1) is 9.23. The number of aromatic amines is 1. The van der Waals surface area contributed by atoms with Crippen LogP contribution in [0.3, 0.4) is 0 Å². The van der Waals surface area contributed by atoms with E-state index in [4.69, 9.17) is 0 Å². The van der Waals surface area contributed by atoms with Crippen LogP contribution in [0.2, 0.25) is 0 Å². The zero-order valence-corrected chi connectivity index (χ0v) is 12.1. The molecule has 0 saturated carbocycles. The summed E-state index contributed by atoms with van der Waals surface area (Å²) in [5, 5.41) is 0. The summed E-state index contributed by atoms with van der Waals surface area (Å²) in [6.45, 7) is 5.20. The molecule has 106 valence electrons. The Bertz CT molecular complexity index is 868. The fourth-order valence-corrected chi connectivity index (χ4v) is 3.88. The van der Waals surface area contributed by atoms with Crippen molar-refractivity contribution < 1.29 is 8.42 Å². The lowest BCUT2D eigenvalue weighted by molar-refractivity contribution is 0.582. The van der Waals surface area contributed by atoms with Crippen LogP contribution in [0, 0.1) is 20.8 Å². The van der Waals surface area contributed by atoms with Gasteiger partial charge in [0, 0.05) is 12.3 Å². The lowest BCUT2D eigenvalue weighted by atomic mass is 10.1. The van der Waals surface area contributed by atoms with Crippen LogP contribution in [0.5, 0.6) is 0 Å².